The van der Waals surface area contributed by atoms with Crippen LogP contribution in [0.1, 0.15) is 5.56 Å². The Morgan fingerprint density at radius 3 is 3.08 bits per heavy atom. The minimum Gasteiger partial charge on any atom is -0.360 e. The van der Waals surface area contributed by atoms with E-state index in [9.17, 15) is 0 Å². The highest BCUT2D eigenvalue weighted by Gasteiger charge is 2.04. The lowest BCUT2D eigenvalue weighted by Gasteiger charge is -2.00. The summed E-state index contributed by atoms with van der Waals surface area (Å²) in [6.07, 6.45) is 1.89. The summed E-state index contributed by atoms with van der Waals surface area (Å²) in [6.45, 7) is 0.449. The van der Waals surface area contributed by atoms with E-state index in [0.717, 1.165) is 20.9 Å². The molecule has 0 aliphatic heterocycles. The number of aromatic nitrogens is 1. The summed E-state index contributed by atoms with van der Waals surface area (Å²) >= 11 is 3.44. The second-order valence-electron chi connectivity index (χ2n) is 2.81. The minimum atomic E-state index is 0.449. The third kappa shape index (κ3) is 1.48. The van der Waals surface area contributed by atoms with E-state index in [4.69, 9.17) is 5.21 Å². The molecule has 0 bridgehead atoms. The molecule has 3 nitrogen and oxygen atoms in total. The Balaban J connectivity index is 2.63. The Kier molecular flexibility index (Phi) is 2.35. The van der Waals surface area contributed by atoms with E-state index >= 15 is 0 Å². The molecule has 0 aliphatic carbocycles. The first-order chi connectivity index (χ1) is 6.33. The van der Waals surface area contributed by atoms with Crippen molar-refractivity contribution in [3.05, 3.63) is 34.4 Å². The zero-order valence-electron chi connectivity index (χ0n) is 6.84. The topological polar surface area (TPSA) is 48.0 Å². The van der Waals surface area contributed by atoms with Gasteiger partial charge in [0.05, 0.1) is 5.52 Å². The van der Waals surface area contributed by atoms with E-state index in [1.807, 2.05) is 24.4 Å². The largest absolute Gasteiger partial charge is 0.360 e. The van der Waals surface area contributed by atoms with Crippen LogP contribution in [0, 0.1) is 0 Å². The number of halogens is 1. The van der Waals surface area contributed by atoms with Crippen LogP contribution in [-0.2, 0) is 6.54 Å². The van der Waals surface area contributed by atoms with Gasteiger partial charge in [0.2, 0.25) is 0 Å². The van der Waals surface area contributed by atoms with Crippen molar-refractivity contribution in [3.63, 3.8) is 0 Å². The van der Waals surface area contributed by atoms with E-state index in [0.29, 0.717) is 6.54 Å². The minimum absolute atomic E-state index is 0.449. The van der Waals surface area contributed by atoms with Crippen molar-refractivity contribution in [3.8, 4) is 0 Å². The predicted octanol–water partition coefficient (Wildman–Crippen LogP) is 2.41. The van der Waals surface area contributed by atoms with Crippen LogP contribution in [0.4, 0.5) is 0 Å². The van der Waals surface area contributed by atoms with Crippen LogP contribution in [0.25, 0.3) is 10.9 Å². The fourth-order valence-electron chi connectivity index (χ4n) is 1.42. The number of para-hydroxylation sites is 1. The summed E-state index contributed by atoms with van der Waals surface area (Å²) in [6, 6.07) is 5.96. The fourth-order valence-corrected chi connectivity index (χ4v) is 1.86. The van der Waals surface area contributed by atoms with E-state index in [-0.39, 0.29) is 0 Å². The van der Waals surface area contributed by atoms with Gasteiger partial charge in [-0.1, -0.05) is 18.2 Å². The number of hydrogen-bond donors (Lipinski definition) is 3. The molecule has 2 aromatic rings. The number of benzene rings is 1. The number of nitrogens with one attached hydrogen (secondary N) is 2. The van der Waals surface area contributed by atoms with E-state index in [2.05, 4.69) is 26.4 Å². The van der Waals surface area contributed by atoms with Crippen LogP contribution < -0.4 is 5.48 Å². The van der Waals surface area contributed by atoms with Gasteiger partial charge in [-0.2, -0.15) is 0 Å². The summed E-state index contributed by atoms with van der Waals surface area (Å²) < 4.78 is 1.04. The van der Waals surface area contributed by atoms with Gasteiger partial charge in [-0.15, -0.1) is 0 Å². The molecule has 0 amide bonds. The number of hydrogen-bond acceptors (Lipinski definition) is 2. The lowest BCUT2D eigenvalue weighted by molar-refractivity contribution is 0.161. The lowest BCUT2D eigenvalue weighted by atomic mass is 10.1. The molecule has 2 rings (SSSR count). The van der Waals surface area contributed by atoms with Gasteiger partial charge in [0.25, 0.3) is 0 Å². The molecule has 0 saturated heterocycles. The van der Waals surface area contributed by atoms with Gasteiger partial charge in [0.15, 0.2) is 0 Å². The van der Waals surface area contributed by atoms with Gasteiger partial charge in [-0.05, 0) is 21.5 Å². The third-order valence-electron chi connectivity index (χ3n) is 2.02. The quantitative estimate of drug-likeness (QED) is 0.707. The molecule has 0 aliphatic rings. The molecule has 0 saturated carbocycles. The number of rotatable bonds is 2. The molecule has 0 atom stereocenters. The molecule has 3 N–H and O–H groups in total. The van der Waals surface area contributed by atoms with Gasteiger partial charge < -0.3 is 10.2 Å². The number of aromatic amines is 1. The Morgan fingerprint density at radius 1 is 1.46 bits per heavy atom. The molecule has 68 valence electrons. The molecule has 0 spiro atoms. The van der Waals surface area contributed by atoms with Crippen molar-refractivity contribution in [2.45, 2.75) is 6.54 Å². The van der Waals surface area contributed by atoms with Crippen LogP contribution in [0.15, 0.2) is 28.9 Å². The molecule has 1 aromatic carbocycles. The van der Waals surface area contributed by atoms with Gasteiger partial charge in [-0.25, -0.2) is 5.48 Å². The van der Waals surface area contributed by atoms with E-state index in [1.54, 1.807) is 0 Å². The van der Waals surface area contributed by atoms with Gasteiger partial charge >= 0.3 is 0 Å². The Morgan fingerprint density at radius 2 is 2.31 bits per heavy atom. The van der Waals surface area contributed by atoms with Crippen molar-refractivity contribution >= 4 is 26.8 Å². The van der Waals surface area contributed by atoms with Crippen molar-refractivity contribution in [2.75, 3.05) is 0 Å². The van der Waals surface area contributed by atoms with Crippen LogP contribution in [0.5, 0.6) is 0 Å². The van der Waals surface area contributed by atoms with Gasteiger partial charge in [-0.3, -0.25) is 0 Å². The highest BCUT2D eigenvalue weighted by Crippen LogP contribution is 2.25. The molecule has 4 heteroatoms. The molecule has 0 unspecified atom stereocenters. The molecule has 0 radical (unpaired) electrons. The second kappa shape index (κ2) is 3.49. The molecule has 0 fully saturated rings. The van der Waals surface area contributed by atoms with Crippen molar-refractivity contribution in [1.29, 1.82) is 0 Å². The van der Waals surface area contributed by atoms with Crippen LogP contribution in [0.2, 0.25) is 0 Å². The van der Waals surface area contributed by atoms with Crippen LogP contribution in [-0.4, -0.2) is 10.2 Å². The highest BCUT2D eigenvalue weighted by molar-refractivity contribution is 9.10. The first kappa shape index (κ1) is 8.74. The maximum Gasteiger partial charge on any atom is 0.0512 e. The maximum absolute atomic E-state index is 8.61. The second-order valence-corrected chi connectivity index (χ2v) is 3.67. The van der Waals surface area contributed by atoms with Crippen molar-refractivity contribution in [2.24, 2.45) is 0 Å². The average Bonchev–Trinajstić information content (AvgIpc) is 2.50. The van der Waals surface area contributed by atoms with Crippen molar-refractivity contribution in [1.82, 2.24) is 10.5 Å². The van der Waals surface area contributed by atoms with E-state index in [1.165, 1.54) is 0 Å². The number of fused-ring (bicyclic) bond motifs is 1. The zero-order chi connectivity index (χ0) is 9.26. The molecular weight excluding hydrogens is 232 g/mol. The SMILES string of the molecule is ONCc1cccc2c(Br)c[nH]c12. The highest BCUT2D eigenvalue weighted by atomic mass is 79.9. The van der Waals surface area contributed by atoms with E-state index < -0.39 is 0 Å². The normalized spacial score (nSPS) is 10.9. The standard InChI is InChI=1S/C9H9BrN2O/c10-8-5-11-9-6(4-12-13)2-1-3-7(8)9/h1-3,5,11-13H,4H2. The molecule has 13 heavy (non-hydrogen) atoms. The predicted molar refractivity (Wildman–Crippen MR) is 54.6 cm³/mol. The summed E-state index contributed by atoms with van der Waals surface area (Å²) in [5.74, 6) is 0. The summed E-state index contributed by atoms with van der Waals surface area (Å²) in [7, 11) is 0. The monoisotopic (exact) mass is 240 g/mol. The van der Waals surface area contributed by atoms with Gasteiger partial charge in [0.1, 0.15) is 0 Å². The summed E-state index contributed by atoms with van der Waals surface area (Å²) in [4.78, 5) is 3.14. The summed E-state index contributed by atoms with van der Waals surface area (Å²) in [5, 5.41) is 9.74. The number of H-pyrrole nitrogens is 1. The first-order valence-electron chi connectivity index (χ1n) is 3.94. The smallest absolute Gasteiger partial charge is 0.0512 e. The molecule has 1 heterocycles. The number of hydroxylamine groups is 1. The fraction of sp³-hybridized carbons (Fsp3) is 0.111. The Labute approximate surface area is 83.9 Å². The third-order valence-corrected chi connectivity index (χ3v) is 2.68. The van der Waals surface area contributed by atoms with Crippen LogP contribution >= 0.6 is 15.9 Å². The first-order valence-corrected chi connectivity index (χ1v) is 4.73. The molecule has 1 aromatic heterocycles. The van der Waals surface area contributed by atoms with Gasteiger partial charge in [0, 0.05) is 22.6 Å². The van der Waals surface area contributed by atoms with Crippen LogP contribution in [0.3, 0.4) is 0 Å². The molecular formula is C9H9BrN2O. The Bertz CT molecular complexity index is 424. The van der Waals surface area contributed by atoms with Crippen molar-refractivity contribution < 1.29 is 5.21 Å². The average molecular weight is 241 g/mol. The summed E-state index contributed by atoms with van der Waals surface area (Å²) in [5.41, 5.74) is 4.25. The lowest BCUT2D eigenvalue weighted by Crippen LogP contribution is -2.06. The Hall–Kier alpha value is -0.840. The zero-order valence-corrected chi connectivity index (χ0v) is 8.43. The maximum atomic E-state index is 8.61.